The van der Waals surface area contributed by atoms with E-state index in [1.54, 1.807) is 6.20 Å². The van der Waals surface area contributed by atoms with Crippen molar-refractivity contribution in [3.8, 4) is 11.3 Å². The predicted octanol–water partition coefficient (Wildman–Crippen LogP) is 3.33. The number of methoxy groups -OCH3 is 1. The third-order valence-corrected chi connectivity index (χ3v) is 5.89. The normalized spacial score (nSPS) is 11.7. The highest BCUT2D eigenvalue weighted by molar-refractivity contribution is 7.07. The van der Waals surface area contributed by atoms with Crippen LogP contribution in [0.3, 0.4) is 0 Å². The first-order chi connectivity index (χ1) is 15.9. The van der Waals surface area contributed by atoms with Crippen molar-refractivity contribution >= 4 is 23.2 Å². The van der Waals surface area contributed by atoms with Gasteiger partial charge in [-0.1, -0.05) is 38.1 Å². The smallest absolute Gasteiger partial charge is 0.299 e. The maximum absolute atomic E-state index is 12.7. The van der Waals surface area contributed by atoms with E-state index in [0.717, 1.165) is 17.0 Å². The molecule has 33 heavy (non-hydrogen) atoms. The maximum Gasteiger partial charge on any atom is 0.299 e. The molecule has 9 heteroatoms. The number of hydrogen-bond donors (Lipinski definition) is 1. The van der Waals surface area contributed by atoms with E-state index in [2.05, 4.69) is 58.4 Å². The lowest BCUT2D eigenvalue weighted by molar-refractivity contribution is -0.124. The summed E-state index contributed by atoms with van der Waals surface area (Å²) in [5, 5.41) is 4.83. The number of rotatable bonds is 9. The molecule has 0 spiro atoms. The number of aromatic nitrogens is 3. The molecule has 2 aromatic heterocycles. The van der Waals surface area contributed by atoms with E-state index < -0.39 is 5.91 Å². The third-order valence-electron chi connectivity index (χ3n) is 5.02. The van der Waals surface area contributed by atoms with Crippen LogP contribution in [0.2, 0.25) is 0 Å². The lowest BCUT2D eigenvalue weighted by Gasteiger charge is -2.11. The molecule has 0 radical (unpaired) electrons. The van der Waals surface area contributed by atoms with Crippen molar-refractivity contribution in [3.05, 3.63) is 63.8 Å². The van der Waals surface area contributed by atoms with Gasteiger partial charge in [0.25, 0.3) is 5.91 Å². The summed E-state index contributed by atoms with van der Waals surface area (Å²) in [6.07, 6.45) is 3.67. The molecule has 3 aromatic rings. The number of nitrogens with zero attached hydrogens (tertiary/aromatic N) is 4. The molecule has 0 aliphatic rings. The van der Waals surface area contributed by atoms with E-state index in [0.29, 0.717) is 30.2 Å². The molecule has 1 aromatic carbocycles. The second-order valence-corrected chi connectivity index (χ2v) is 8.76. The number of ether oxygens (including phenoxy) is 1. The fourth-order valence-corrected chi connectivity index (χ4v) is 4.13. The van der Waals surface area contributed by atoms with E-state index in [1.165, 1.54) is 30.2 Å². The Hall–Kier alpha value is -3.17. The zero-order chi connectivity index (χ0) is 23.8. The Bertz CT molecular complexity index is 1150. The van der Waals surface area contributed by atoms with Gasteiger partial charge in [-0.3, -0.25) is 14.6 Å². The highest BCUT2D eigenvalue weighted by Gasteiger charge is 2.12. The predicted molar refractivity (Wildman–Crippen MR) is 128 cm³/mol. The van der Waals surface area contributed by atoms with E-state index in [9.17, 15) is 9.59 Å². The summed E-state index contributed by atoms with van der Waals surface area (Å²) in [7, 11) is 1.49. The molecule has 3 rings (SSSR count). The minimum atomic E-state index is -0.437. The average Bonchev–Trinajstić information content (AvgIpc) is 3.19. The number of carbonyl (C=O) groups excluding carboxylic acids is 2. The quantitative estimate of drug-likeness (QED) is 0.487. The number of thiazole rings is 1. The van der Waals surface area contributed by atoms with Crippen molar-refractivity contribution in [1.29, 1.82) is 0 Å². The summed E-state index contributed by atoms with van der Waals surface area (Å²) in [6.45, 7) is 7.25. The first kappa shape index (κ1) is 24.5. The minimum Gasteiger partial charge on any atom is -0.375 e. The SMILES string of the molecule is COCC(=O)NCCCn1c(-c2ccc(C(C)C)cc2)csc1=NC(=O)c1cnc(C)cn1. The molecule has 2 amide bonds. The standard InChI is InChI=1S/C24H29N5O3S/c1-16(2)18-6-8-19(9-7-18)21-15-33-24(28-23(31)20-13-26-17(3)12-27-20)29(21)11-5-10-25-22(30)14-32-4/h6-9,12-13,15-16H,5,10-11,14H2,1-4H3,(H,25,30). The Morgan fingerprint density at radius 2 is 1.94 bits per heavy atom. The van der Waals surface area contributed by atoms with Crippen LogP contribution < -0.4 is 10.1 Å². The van der Waals surface area contributed by atoms with Crippen molar-refractivity contribution in [3.63, 3.8) is 0 Å². The molecule has 0 aliphatic heterocycles. The van der Waals surface area contributed by atoms with Gasteiger partial charge in [-0.25, -0.2) is 4.98 Å². The molecule has 0 atom stereocenters. The molecule has 1 N–H and O–H groups in total. The summed E-state index contributed by atoms with van der Waals surface area (Å²) < 4.78 is 6.85. The van der Waals surface area contributed by atoms with Crippen LogP contribution in [0.25, 0.3) is 11.3 Å². The molecule has 0 unspecified atom stereocenters. The Labute approximate surface area is 197 Å². The summed E-state index contributed by atoms with van der Waals surface area (Å²) in [4.78, 5) is 37.5. The Morgan fingerprint density at radius 1 is 1.18 bits per heavy atom. The van der Waals surface area contributed by atoms with Crippen molar-refractivity contribution in [2.45, 2.75) is 39.7 Å². The number of carbonyl (C=O) groups is 2. The molecular weight excluding hydrogens is 438 g/mol. The van der Waals surface area contributed by atoms with Gasteiger partial charge < -0.3 is 14.6 Å². The lowest BCUT2D eigenvalue weighted by Crippen LogP contribution is -2.29. The second kappa shape index (κ2) is 11.6. The van der Waals surface area contributed by atoms with Crippen LogP contribution in [0.5, 0.6) is 0 Å². The molecule has 0 aliphatic carbocycles. The van der Waals surface area contributed by atoms with Gasteiger partial charge in [0.05, 0.1) is 17.6 Å². The van der Waals surface area contributed by atoms with Crippen LogP contribution in [0.15, 0.2) is 47.0 Å². The molecule has 0 fully saturated rings. The highest BCUT2D eigenvalue weighted by Crippen LogP contribution is 2.23. The molecular formula is C24H29N5O3S. The van der Waals surface area contributed by atoms with E-state index >= 15 is 0 Å². The molecule has 174 valence electrons. The van der Waals surface area contributed by atoms with Crippen LogP contribution in [0, 0.1) is 6.92 Å². The number of aryl methyl sites for hydroxylation is 1. The number of benzene rings is 1. The van der Waals surface area contributed by atoms with E-state index in [1.807, 2.05) is 16.9 Å². The first-order valence-corrected chi connectivity index (χ1v) is 11.7. The number of amides is 2. The lowest BCUT2D eigenvalue weighted by atomic mass is 10.0. The zero-order valence-corrected chi connectivity index (χ0v) is 20.2. The van der Waals surface area contributed by atoms with Gasteiger partial charge in [-0.15, -0.1) is 11.3 Å². The topological polar surface area (TPSA) is 98.5 Å². The van der Waals surface area contributed by atoms with E-state index in [4.69, 9.17) is 4.74 Å². The van der Waals surface area contributed by atoms with E-state index in [-0.39, 0.29) is 18.2 Å². The van der Waals surface area contributed by atoms with Gasteiger partial charge in [0.2, 0.25) is 5.91 Å². The molecule has 0 bridgehead atoms. The molecule has 8 nitrogen and oxygen atoms in total. The van der Waals surface area contributed by atoms with Crippen LogP contribution in [-0.2, 0) is 16.1 Å². The third kappa shape index (κ3) is 6.66. The first-order valence-electron chi connectivity index (χ1n) is 10.8. The minimum absolute atomic E-state index is 0.0334. The molecule has 0 saturated carbocycles. The van der Waals surface area contributed by atoms with Gasteiger partial charge in [0, 0.05) is 31.8 Å². The summed E-state index contributed by atoms with van der Waals surface area (Å²) in [5.41, 5.74) is 4.22. The van der Waals surface area contributed by atoms with Gasteiger partial charge in [-0.05, 0) is 30.4 Å². The summed E-state index contributed by atoms with van der Waals surface area (Å²) in [5.74, 6) is -0.147. The van der Waals surface area contributed by atoms with Crippen molar-refractivity contribution in [2.24, 2.45) is 4.99 Å². The van der Waals surface area contributed by atoms with Gasteiger partial charge in [0.15, 0.2) is 4.80 Å². The monoisotopic (exact) mass is 467 g/mol. The zero-order valence-electron chi connectivity index (χ0n) is 19.4. The number of nitrogens with one attached hydrogen (secondary N) is 1. The molecule has 2 heterocycles. The Kier molecular flexibility index (Phi) is 8.62. The summed E-state index contributed by atoms with van der Waals surface area (Å²) in [6, 6.07) is 8.42. The van der Waals surface area contributed by atoms with Gasteiger partial charge in [0.1, 0.15) is 12.3 Å². The Morgan fingerprint density at radius 3 is 2.58 bits per heavy atom. The van der Waals surface area contributed by atoms with Crippen LogP contribution in [-0.4, -0.2) is 46.6 Å². The van der Waals surface area contributed by atoms with Gasteiger partial charge in [-0.2, -0.15) is 4.99 Å². The maximum atomic E-state index is 12.7. The Balaban J connectivity index is 1.89. The fourth-order valence-electron chi connectivity index (χ4n) is 3.20. The fraction of sp³-hybridized carbons (Fsp3) is 0.375. The van der Waals surface area contributed by atoms with Crippen molar-refractivity contribution in [1.82, 2.24) is 19.9 Å². The van der Waals surface area contributed by atoms with Crippen molar-refractivity contribution in [2.75, 3.05) is 20.3 Å². The van der Waals surface area contributed by atoms with Gasteiger partial charge >= 0.3 is 0 Å². The van der Waals surface area contributed by atoms with Crippen LogP contribution in [0.1, 0.15) is 47.9 Å². The highest BCUT2D eigenvalue weighted by atomic mass is 32.1. The number of hydrogen-bond acceptors (Lipinski definition) is 6. The summed E-state index contributed by atoms with van der Waals surface area (Å²) >= 11 is 1.40. The molecule has 0 saturated heterocycles. The second-order valence-electron chi connectivity index (χ2n) is 7.93. The van der Waals surface area contributed by atoms with Crippen LogP contribution in [0.4, 0.5) is 0 Å². The van der Waals surface area contributed by atoms with Crippen LogP contribution >= 0.6 is 11.3 Å². The van der Waals surface area contributed by atoms with Crippen molar-refractivity contribution < 1.29 is 14.3 Å². The average molecular weight is 468 g/mol. The largest absolute Gasteiger partial charge is 0.375 e.